The maximum atomic E-state index is 14.9. The van der Waals surface area contributed by atoms with Gasteiger partial charge in [-0.25, -0.2) is 9.37 Å². The Kier molecular flexibility index (Phi) is 6.84. The van der Waals surface area contributed by atoms with E-state index in [-0.39, 0.29) is 33.1 Å². The van der Waals surface area contributed by atoms with E-state index in [0.29, 0.717) is 23.3 Å². The Bertz CT molecular complexity index is 1390. The first-order chi connectivity index (χ1) is 17.8. The number of hydrogen-bond donors (Lipinski definition) is 2. The van der Waals surface area contributed by atoms with Crippen molar-refractivity contribution < 1.29 is 32.0 Å². The highest BCUT2D eigenvalue weighted by molar-refractivity contribution is 7.90. The molecule has 1 unspecified atom stereocenters. The molecule has 0 radical (unpaired) electrons. The van der Waals surface area contributed by atoms with Gasteiger partial charge in [-0.2, -0.15) is 0 Å². The number of nitrogens with zero attached hydrogens (tertiary/aromatic N) is 1. The van der Waals surface area contributed by atoms with Crippen LogP contribution >= 0.6 is 22.9 Å². The van der Waals surface area contributed by atoms with Gasteiger partial charge in [-0.3, -0.25) is 4.79 Å². The lowest BCUT2D eigenvalue weighted by Crippen LogP contribution is -2.41. The molecule has 1 fully saturated rings. The normalized spacial score (nSPS) is 18.6. The number of thiazole rings is 1. The third kappa shape index (κ3) is 5.32. The summed E-state index contributed by atoms with van der Waals surface area (Å²) in [7, 11) is 0. The Morgan fingerprint density at radius 2 is 1.89 bits per heavy atom. The van der Waals surface area contributed by atoms with Crippen molar-refractivity contribution in [3.63, 3.8) is 0 Å². The zero-order valence-electron chi connectivity index (χ0n) is 20.4. The first-order valence-electron chi connectivity index (χ1n) is 11.6. The lowest BCUT2D eigenvalue weighted by atomic mass is 9.94. The van der Waals surface area contributed by atoms with Crippen molar-refractivity contribution in [2.24, 2.45) is 0 Å². The number of nitrogens with one attached hydrogen (secondary N) is 2. The van der Waals surface area contributed by atoms with Gasteiger partial charge in [0.15, 0.2) is 16.6 Å². The summed E-state index contributed by atoms with van der Waals surface area (Å²) in [5.41, 5.74) is -0.171. The van der Waals surface area contributed by atoms with Gasteiger partial charge in [0.05, 0.1) is 10.3 Å². The van der Waals surface area contributed by atoms with E-state index in [4.69, 9.17) is 11.6 Å². The number of rotatable bonds is 7. The van der Waals surface area contributed by atoms with Crippen LogP contribution in [-0.2, 0) is 21.6 Å². The number of alkyl halides is 2. The molecule has 0 bridgehead atoms. The van der Waals surface area contributed by atoms with E-state index in [1.807, 2.05) is 0 Å². The van der Waals surface area contributed by atoms with E-state index in [2.05, 4.69) is 24.5 Å². The quantitative estimate of drug-likeness (QED) is 0.327. The molecule has 13 heteroatoms. The minimum atomic E-state index is -3.75. The number of amides is 1. The van der Waals surface area contributed by atoms with Crippen molar-refractivity contribution >= 4 is 45.3 Å². The van der Waals surface area contributed by atoms with Crippen molar-refractivity contribution in [2.45, 2.75) is 56.1 Å². The number of halogens is 4. The second-order valence-corrected chi connectivity index (χ2v) is 13.5. The number of benzene rings is 2. The van der Waals surface area contributed by atoms with E-state index in [1.165, 1.54) is 36.5 Å². The number of anilines is 1. The van der Waals surface area contributed by atoms with Crippen LogP contribution in [0.4, 0.5) is 18.3 Å². The summed E-state index contributed by atoms with van der Waals surface area (Å²) in [6.07, 6.45) is -1.24. The van der Waals surface area contributed by atoms with Crippen molar-refractivity contribution in [3.8, 4) is 11.5 Å². The Morgan fingerprint density at radius 3 is 2.55 bits per heavy atom. The molecule has 1 amide bonds. The molecule has 0 saturated heterocycles. The van der Waals surface area contributed by atoms with Crippen LogP contribution in [0.3, 0.4) is 0 Å². The Labute approximate surface area is 229 Å². The second kappa shape index (κ2) is 9.60. The van der Waals surface area contributed by atoms with Crippen LogP contribution in [0.1, 0.15) is 55.7 Å². The molecule has 2 atom stereocenters. The van der Waals surface area contributed by atoms with Gasteiger partial charge in [0.25, 0.3) is 0 Å². The largest absolute Gasteiger partial charge is 0.598 e. The van der Waals surface area contributed by atoms with E-state index in [1.54, 1.807) is 26.8 Å². The molecule has 2 heterocycles. The van der Waals surface area contributed by atoms with Crippen LogP contribution in [0, 0.1) is 5.82 Å². The minimum absolute atomic E-state index is 0.0971. The predicted molar refractivity (Wildman–Crippen MR) is 139 cm³/mol. The van der Waals surface area contributed by atoms with E-state index in [0.717, 1.165) is 11.3 Å². The van der Waals surface area contributed by atoms with Crippen molar-refractivity contribution in [3.05, 3.63) is 69.4 Å². The summed E-state index contributed by atoms with van der Waals surface area (Å²) in [5.74, 6) is -1.16. The van der Waals surface area contributed by atoms with Gasteiger partial charge in [0.1, 0.15) is 16.6 Å². The van der Waals surface area contributed by atoms with Crippen molar-refractivity contribution in [1.82, 2.24) is 9.71 Å². The van der Waals surface area contributed by atoms with Gasteiger partial charge < -0.3 is 19.3 Å². The highest BCUT2D eigenvalue weighted by atomic mass is 35.5. The molecule has 2 aliphatic rings. The fraction of sp³-hybridized carbons (Fsp3) is 0.360. The molecule has 2 N–H and O–H groups in total. The summed E-state index contributed by atoms with van der Waals surface area (Å²) in [6.45, 7) is 5.36. The fourth-order valence-electron chi connectivity index (χ4n) is 4.01. The molecule has 1 saturated carbocycles. The lowest BCUT2D eigenvalue weighted by molar-refractivity contribution is -0.286. The molecule has 2 aromatic carbocycles. The molecule has 0 spiro atoms. The third-order valence-corrected chi connectivity index (χ3v) is 9.00. The van der Waals surface area contributed by atoms with Gasteiger partial charge >= 0.3 is 6.29 Å². The Balaban J connectivity index is 1.38. The highest BCUT2D eigenvalue weighted by Gasteiger charge is 2.53. The summed E-state index contributed by atoms with van der Waals surface area (Å²) in [4.78, 5) is 18.1. The van der Waals surface area contributed by atoms with Crippen LogP contribution in [-0.4, -0.2) is 26.5 Å². The van der Waals surface area contributed by atoms with Crippen LogP contribution in [0.2, 0.25) is 5.02 Å². The fourth-order valence-corrected chi connectivity index (χ4v) is 5.94. The van der Waals surface area contributed by atoms with E-state index < -0.39 is 39.7 Å². The maximum Gasteiger partial charge on any atom is 0.586 e. The zero-order valence-corrected chi connectivity index (χ0v) is 22.8. The first-order valence-corrected chi connectivity index (χ1v) is 13.9. The average Bonchev–Trinajstić information content (AvgIpc) is 3.40. The number of hydrogen-bond acceptors (Lipinski definition) is 7. The number of carbonyl (C=O) groups excluding carboxylic acids is 1. The van der Waals surface area contributed by atoms with Gasteiger partial charge in [0.2, 0.25) is 5.91 Å². The van der Waals surface area contributed by atoms with Gasteiger partial charge in [0, 0.05) is 28.1 Å². The molecule has 1 aliphatic heterocycles. The molecule has 5 rings (SSSR count). The molecule has 38 heavy (non-hydrogen) atoms. The summed E-state index contributed by atoms with van der Waals surface area (Å²) >= 11 is 5.48. The summed E-state index contributed by atoms with van der Waals surface area (Å²) in [5, 5.41) is 3.27. The SMILES string of the molecule is CC(C)(C)[S+]([O-])N[C@H](c1cnc(NC(=O)C2(c3ccc4c(c3)OC(F)(F)O4)CC2)s1)c1ccc(Cl)cc1F. The predicted octanol–water partition coefficient (Wildman–Crippen LogP) is 6.07. The smallest absolute Gasteiger partial charge is 0.586 e. The number of fused-ring (bicyclic) bond motifs is 1. The highest BCUT2D eigenvalue weighted by Crippen LogP contribution is 2.52. The summed E-state index contributed by atoms with van der Waals surface area (Å²) < 4.78 is 65.9. The van der Waals surface area contributed by atoms with Gasteiger partial charge in [-0.15, -0.1) is 13.5 Å². The maximum absolute atomic E-state index is 14.9. The Hall–Kier alpha value is -2.51. The lowest BCUT2D eigenvalue weighted by Gasteiger charge is -2.27. The molecular formula is C25H23ClF3N3O4S2. The number of aromatic nitrogens is 1. The van der Waals surface area contributed by atoms with Crippen LogP contribution < -0.4 is 19.5 Å². The molecular weight excluding hydrogens is 563 g/mol. The average molecular weight is 586 g/mol. The monoisotopic (exact) mass is 585 g/mol. The zero-order chi connectivity index (χ0) is 27.5. The minimum Gasteiger partial charge on any atom is -0.598 e. The van der Waals surface area contributed by atoms with Crippen LogP contribution in [0.25, 0.3) is 0 Å². The van der Waals surface area contributed by atoms with E-state index in [9.17, 15) is 22.5 Å². The molecule has 3 aromatic rings. The summed E-state index contributed by atoms with van der Waals surface area (Å²) in [6, 6.07) is 7.71. The topological polar surface area (TPSA) is 95.5 Å². The Morgan fingerprint density at radius 1 is 1.18 bits per heavy atom. The molecule has 1 aromatic heterocycles. The van der Waals surface area contributed by atoms with Crippen molar-refractivity contribution in [1.29, 1.82) is 0 Å². The number of ether oxygens (including phenoxy) is 2. The second-order valence-electron chi connectivity index (χ2n) is 10.0. The van der Waals surface area contributed by atoms with Crippen molar-refractivity contribution in [2.75, 3.05) is 5.32 Å². The van der Waals surface area contributed by atoms with Gasteiger partial charge in [-0.1, -0.05) is 35.1 Å². The third-order valence-electron chi connectivity index (χ3n) is 6.22. The molecule has 202 valence electrons. The van der Waals surface area contributed by atoms with Gasteiger partial charge in [-0.05, 0) is 63.4 Å². The molecule has 1 aliphatic carbocycles. The standard InChI is InChI=1S/C25H23ClF3N3O4S2/c1-23(2,3)38(34)32-20(15-6-5-14(26)11-16(15)27)19-12-30-22(37-19)31-21(33)24(8-9-24)13-4-7-17-18(10-13)36-25(28,29)35-17/h4-7,10-12,20,32H,8-9H2,1-3H3,(H,30,31,33)/t20-,38?/m0/s1. The van der Waals surface area contributed by atoms with Crippen LogP contribution in [0.5, 0.6) is 11.5 Å². The van der Waals surface area contributed by atoms with E-state index >= 15 is 0 Å². The van der Waals surface area contributed by atoms with Crippen LogP contribution in [0.15, 0.2) is 42.6 Å². The number of carbonyl (C=O) groups is 1. The first kappa shape index (κ1) is 27.1. The molecule has 7 nitrogen and oxygen atoms in total.